The van der Waals surface area contributed by atoms with Crippen molar-refractivity contribution in [3.63, 3.8) is 0 Å². The highest BCUT2D eigenvalue weighted by atomic mass is 16.5. The number of nitrogens with zero attached hydrogens (tertiary/aromatic N) is 2. The first kappa shape index (κ1) is 17.3. The molecule has 0 amide bonds. The molecule has 0 aromatic heterocycles. The molecule has 25 heavy (non-hydrogen) atoms. The molecule has 1 aliphatic heterocycles. The van der Waals surface area contributed by atoms with Gasteiger partial charge in [0.2, 0.25) is 0 Å². The predicted molar refractivity (Wildman–Crippen MR) is 99.0 cm³/mol. The van der Waals surface area contributed by atoms with Gasteiger partial charge in [-0.1, -0.05) is 18.2 Å². The van der Waals surface area contributed by atoms with E-state index < -0.39 is 0 Å². The summed E-state index contributed by atoms with van der Waals surface area (Å²) >= 11 is 0. The van der Waals surface area contributed by atoms with Gasteiger partial charge in [-0.25, -0.2) is 0 Å². The molecule has 3 rings (SSSR count). The van der Waals surface area contributed by atoms with Crippen molar-refractivity contribution in [2.24, 2.45) is 0 Å². The molecule has 1 aliphatic rings. The van der Waals surface area contributed by atoms with Crippen LogP contribution in [-0.4, -0.2) is 57.6 Å². The average Bonchev–Trinajstić information content (AvgIpc) is 2.68. The van der Waals surface area contributed by atoms with Crippen molar-refractivity contribution in [3.8, 4) is 11.5 Å². The van der Waals surface area contributed by atoms with Crippen LogP contribution in [0.4, 0.5) is 5.69 Å². The third-order valence-electron chi connectivity index (χ3n) is 4.57. The minimum Gasteiger partial charge on any atom is -0.493 e. The SMILES string of the molecule is COc1ccc(C(=O)CN2CCN(c3ccccc3)CC2)cc1OC. The molecule has 0 N–H and O–H groups in total. The maximum atomic E-state index is 12.6. The molecule has 1 heterocycles. The summed E-state index contributed by atoms with van der Waals surface area (Å²) < 4.78 is 10.5. The third kappa shape index (κ3) is 4.12. The number of carbonyl (C=O) groups is 1. The lowest BCUT2D eigenvalue weighted by molar-refractivity contribution is 0.0926. The van der Waals surface area contributed by atoms with Gasteiger partial charge in [0.05, 0.1) is 20.8 Å². The lowest BCUT2D eigenvalue weighted by Crippen LogP contribution is -2.48. The summed E-state index contributed by atoms with van der Waals surface area (Å²) in [5, 5.41) is 0. The first-order valence-corrected chi connectivity index (χ1v) is 8.49. The van der Waals surface area contributed by atoms with Gasteiger partial charge >= 0.3 is 0 Å². The molecule has 1 fully saturated rings. The first-order valence-electron chi connectivity index (χ1n) is 8.49. The van der Waals surface area contributed by atoms with Crippen LogP contribution in [0.15, 0.2) is 48.5 Å². The Morgan fingerprint density at radius 1 is 0.920 bits per heavy atom. The number of hydrogen-bond donors (Lipinski definition) is 0. The Kier molecular flexibility index (Phi) is 5.56. The summed E-state index contributed by atoms with van der Waals surface area (Å²) in [7, 11) is 3.17. The summed E-state index contributed by atoms with van der Waals surface area (Å²) in [6.45, 7) is 4.06. The van der Waals surface area contributed by atoms with Gasteiger partial charge in [0.15, 0.2) is 17.3 Å². The Hall–Kier alpha value is -2.53. The second kappa shape index (κ2) is 8.03. The molecule has 0 aliphatic carbocycles. The molecule has 1 saturated heterocycles. The van der Waals surface area contributed by atoms with Gasteiger partial charge in [-0.3, -0.25) is 9.69 Å². The summed E-state index contributed by atoms with van der Waals surface area (Å²) in [6, 6.07) is 15.7. The lowest BCUT2D eigenvalue weighted by Gasteiger charge is -2.35. The zero-order valence-corrected chi connectivity index (χ0v) is 14.8. The fourth-order valence-electron chi connectivity index (χ4n) is 3.11. The molecule has 0 saturated carbocycles. The van der Waals surface area contributed by atoms with Crippen molar-refractivity contribution in [3.05, 3.63) is 54.1 Å². The summed E-state index contributed by atoms with van der Waals surface area (Å²) in [5.74, 6) is 1.33. The first-order chi connectivity index (χ1) is 12.2. The van der Waals surface area contributed by atoms with Crippen molar-refractivity contribution in [2.45, 2.75) is 0 Å². The van der Waals surface area contributed by atoms with Crippen molar-refractivity contribution >= 4 is 11.5 Å². The number of Topliss-reactive ketones (excluding diaryl/α,β-unsaturated/α-hetero) is 1. The Morgan fingerprint density at radius 2 is 1.60 bits per heavy atom. The normalized spacial score (nSPS) is 15.0. The summed E-state index contributed by atoms with van der Waals surface area (Å²) in [6.07, 6.45) is 0. The molecule has 2 aromatic rings. The van der Waals surface area contributed by atoms with E-state index in [0.29, 0.717) is 23.6 Å². The number of para-hydroxylation sites is 1. The highest BCUT2D eigenvalue weighted by Crippen LogP contribution is 2.27. The van der Waals surface area contributed by atoms with Gasteiger partial charge in [-0.15, -0.1) is 0 Å². The van der Waals surface area contributed by atoms with Crippen molar-refractivity contribution in [1.82, 2.24) is 4.90 Å². The van der Waals surface area contributed by atoms with Crippen LogP contribution in [0.2, 0.25) is 0 Å². The Morgan fingerprint density at radius 3 is 2.24 bits per heavy atom. The molecule has 132 valence electrons. The highest BCUT2D eigenvalue weighted by Gasteiger charge is 2.20. The number of benzene rings is 2. The van der Waals surface area contributed by atoms with E-state index in [9.17, 15) is 4.79 Å². The molecule has 0 atom stereocenters. The number of anilines is 1. The Labute approximate surface area is 148 Å². The van der Waals surface area contributed by atoms with Crippen LogP contribution < -0.4 is 14.4 Å². The lowest BCUT2D eigenvalue weighted by atomic mass is 10.1. The molecule has 2 aromatic carbocycles. The Balaban J connectivity index is 1.58. The van der Waals surface area contributed by atoms with Gasteiger partial charge < -0.3 is 14.4 Å². The molecule has 0 unspecified atom stereocenters. The van der Waals surface area contributed by atoms with E-state index in [0.717, 1.165) is 26.2 Å². The minimum absolute atomic E-state index is 0.106. The molecular formula is C20H24N2O3. The molecule has 0 spiro atoms. The fourth-order valence-corrected chi connectivity index (χ4v) is 3.11. The van der Waals surface area contributed by atoms with Crippen LogP contribution in [0.1, 0.15) is 10.4 Å². The number of rotatable bonds is 6. The number of carbonyl (C=O) groups excluding carboxylic acids is 1. The topological polar surface area (TPSA) is 42.0 Å². The number of hydrogen-bond acceptors (Lipinski definition) is 5. The zero-order valence-electron chi connectivity index (χ0n) is 14.8. The quantitative estimate of drug-likeness (QED) is 0.757. The van der Waals surface area contributed by atoms with Crippen LogP contribution in [0.3, 0.4) is 0 Å². The highest BCUT2D eigenvalue weighted by molar-refractivity contribution is 5.98. The second-order valence-corrected chi connectivity index (χ2v) is 6.09. The van der Waals surface area contributed by atoms with Gasteiger partial charge in [-0.2, -0.15) is 0 Å². The standard InChI is InChI=1S/C20H24N2O3/c1-24-19-9-8-16(14-20(19)25-2)18(23)15-21-10-12-22(13-11-21)17-6-4-3-5-7-17/h3-9,14H,10-13,15H2,1-2H3. The summed E-state index contributed by atoms with van der Waals surface area (Å²) in [4.78, 5) is 17.1. The van der Waals surface area contributed by atoms with Gasteiger partial charge in [0, 0.05) is 37.4 Å². The van der Waals surface area contributed by atoms with E-state index in [4.69, 9.17) is 9.47 Å². The maximum Gasteiger partial charge on any atom is 0.176 e. The van der Waals surface area contributed by atoms with Crippen molar-refractivity contribution in [2.75, 3.05) is 51.8 Å². The molecular weight excluding hydrogens is 316 g/mol. The molecule has 0 bridgehead atoms. The van der Waals surface area contributed by atoms with Crippen molar-refractivity contribution < 1.29 is 14.3 Å². The molecule has 0 radical (unpaired) electrons. The number of ether oxygens (including phenoxy) is 2. The maximum absolute atomic E-state index is 12.6. The monoisotopic (exact) mass is 340 g/mol. The minimum atomic E-state index is 0.106. The van der Waals surface area contributed by atoms with Gasteiger partial charge in [-0.05, 0) is 30.3 Å². The average molecular weight is 340 g/mol. The van der Waals surface area contributed by atoms with Crippen LogP contribution in [0.25, 0.3) is 0 Å². The molecule has 5 nitrogen and oxygen atoms in total. The van der Waals surface area contributed by atoms with E-state index in [2.05, 4.69) is 34.1 Å². The zero-order chi connectivity index (χ0) is 17.6. The number of methoxy groups -OCH3 is 2. The van der Waals surface area contributed by atoms with Crippen molar-refractivity contribution in [1.29, 1.82) is 0 Å². The van der Waals surface area contributed by atoms with E-state index in [1.54, 1.807) is 32.4 Å². The van der Waals surface area contributed by atoms with Crippen LogP contribution in [0.5, 0.6) is 11.5 Å². The third-order valence-corrected chi connectivity index (χ3v) is 4.57. The van der Waals surface area contributed by atoms with Crippen LogP contribution in [-0.2, 0) is 0 Å². The number of piperazine rings is 1. The summed E-state index contributed by atoms with van der Waals surface area (Å²) in [5.41, 5.74) is 1.90. The predicted octanol–water partition coefficient (Wildman–Crippen LogP) is 2.71. The smallest absolute Gasteiger partial charge is 0.176 e. The Bertz CT molecular complexity index is 710. The van der Waals surface area contributed by atoms with Gasteiger partial charge in [0.25, 0.3) is 0 Å². The van der Waals surface area contributed by atoms with Crippen LogP contribution in [0, 0.1) is 0 Å². The number of ketones is 1. The molecule has 5 heteroatoms. The van der Waals surface area contributed by atoms with Crippen LogP contribution >= 0.6 is 0 Å². The van der Waals surface area contributed by atoms with E-state index >= 15 is 0 Å². The van der Waals surface area contributed by atoms with E-state index in [1.807, 2.05) is 6.07 Å². The fraction of sp³-hybridized carbons (Fsp3) is 0.350. The van der Waals surface area contributed by atoms with E-state index in [-0.39, 0.29) is 5.78 Å². The second-order valence-electron chi connectivity index (χ2n) is 6.09. The van der Waals surface area contributed by atoms with Gasteiger partial charge in [0.1, 0.15) is 0 Å². The largest absolute Gasteiger partial charge is 0.493 e. The van der Waals surface area contributed by atoms with E-state index in [1.165, 1.54) is 5.69 Å².